The van der Waals surface area contributed by atoms with Gasteiger partial charge in [0.25, 0.3) is 0 Å². The summed E-state index contributed by atoms with van der Waals surface area (Å²) in [5.74, 6) is 1.12. The molecule has 4 aliphatic carbocycles. The fourth-order valence-electron chi connectivity index (χ4n) is 10.7. The van der Waals surface area contributed by atoms with Gasteiger partial charge in [-0.1, -0.05) is 221 Å². The molecule has 0 fully saturated rings. The summed E-state index contributed by atoms with van der Waals surface area (Å²) in [7, 11) is 0. The Morgan fingerprint density at radius 3 is 1.91 bits per heavy atom. The number of benzene rings is 7. The Kier molecular flexibility index (Phi) is 10.2. The van der Waals surface area contributed by atoms with Crippen LogP contribution in [-0.4, -0.2) is 6.04 Å². The molecule has 11 rings (SSSR count). The third-order valence-corrected chi connectivity index (χ3v) is 14.4. The van der Waals surface area contributed by atoms with Crippen molar-refractivity contribution in [2.24, 2.45) is 5.92 Å². The van der Waals surface area contributed by atoms with Crippen LogP contribution in [0, 0.1) is 5.92 Å². The predicted molar refractivity (Wildman–Crippen MR) is 273 cm³/mol. The number of hydrogen-bond donors (Lipinski definition) is 0. The van der Waals surface area contributed by atoms with E-state index in [0.29, 0.717) is 17.8 Å². The fraction of sp³-hybridized carbons (Fsp3) is 0.143. The maximum atomic E-state index is 3.91. The van der Waals surface area contributed by atoms with Crippen LogP contribution in [-0.2, 0) is 5.41 Å². The van der Waals surface area contributed by atoms with Crippen molar-refractivity contribution >= 4 is 28.1 Å². The molecule has 0 saturated carbocycles. The molecule has 4 atom stereocenters. The van der Waals surface area contributed by atoms with Crippen LogP contribution in [0.4, 0.5) is 5.69 Å². The van der Waals surface area contributed by atoms with Crippen LogP contribution >= 0.6 is 0 Å². The molecule has 7 aromatic rings. The second-order valence-electron chi connectivity index (χ2n) is 18.5. The average Bonchev–Trinajstić information content (AvgIpc) is 3.59. The normalized spacial score (nSPS) is 20.3. The first kappa shape index (κ1) is 39.6. The van der Waals surface area contributed by atoms with Gasteiger partial charge in [-0.25, -0.2) is 0 Å². The standard InChI is InChI=1S/C63H53N/c1-4-43-14-16-46(17-15-43)48-22-24-50(25-23-48)52-30-35-57(36-31-52)64(56-33-28-51(29-34-56)49-20-18-47(19-21-49)44-10-6-5-7-11-44)58-37-39-60-59-38-32-55(41-61(59)63(2,3)62(60)42-58)54-27-26-45-12-8-9-13-53(45)40-54/h4-10,12-35,37-42,44,57,60,62H,1,11,36H2,2-3H3. The van der Waals surface area contributed by atoms with Gasteiger partial charge in [0.2, 0.25) is 0 Å². The maximum absolute atomic E-state index is 3.91. The van der Waals surface area contributed by atoms with Crippen LogP contribution in [0.2, 0.25) is 0 Å². The fourth-order valence-corrected chi connectivity index (χ4v) is 10.7. The van der Waals surface area contributed by atoms with Gasteiger partial charge in [0.15, 0.2) is 0 Å². The van der Waals surface area contributed by atoms with Crippen LogP contribution in [0.1, 0.15) is 66.3 Å². The lowest BCUT2D eigenvalue weighted by Gasteiger charge is -2.38. The van der Waals surface area contributed by atoms with Crippen LogP contribution < -0.4 is 4.90 Å². The summed E-state index contributed by atoms with van der Waals surface area (Å²) in [4.78, 5) is 2.59. The third kappa shape index (κ3) is 7.35. The van der Waals surface area contributed by atoms with E-state index in [1.165, 1.54) is 83.4 Å². The number of rotatable bonds is 9. The van der Waals surface area contributed by atoms with E-state index in [-0.39, 0.29) is 11.5 Å². The molecular weight excluding hydrogens is 771 g/mol. The van der Waals surface area contributed by atoms with Crippen molar-refractivity contribution in [3.05, 3.63) is 259 Å². The van der Waals surface area contributed by atoms with Crippen molar-refractivity contribution in [2.75, 3.05) is 4.90 Å². The second-order valence-corrected chi connectivity index (χ2v) is 18.5. The Bertz CT molecular complexity index is 3070. The summed E-state index contributed by atoms with van der Waals surface area (Å²) in [6.45, 7) is 8.82. The SMILES string of the molecule is C=Cc1ccc(-c2ccc(C3=CCC(N(C4=CC5C(C=C4)c4ccc(-c6ccc7ccccc7c6)cc4C5(C)C)c4ccc(-c5ccc(C6C=CC=CC6)cc5)cc4)C=C3)cc2)cc1. The van der Waals surface area contributed by atoms with Gasteiger partial charge in [-0.05, 0) is 126 Å². The number of allylic oxidation sites excluding steroid dienone is 9. The molecule has 310 valence electrons. The van der Waals surface area contributed by atoms with E-state index in [1.807, 2.05) is 6.08 Å². The number of fused-ring (bicyclic) bond motifs is 4. The summed E-state index contributed by atoms with van der Waals surface area (Å²) < 4.78 is 0. The highest BCUT2D eigenvalue weighted by atomic mass is 15.2. The Morgan fingerprint density at radius 1 is 0.578 bits per heavy atom. The van der Waals surface area contributed by atoms with Gasteiger partial charge >= 0.3 is 0 Å². The molecule has 4 unspecified atom stereocenters. The molecule has 1 nitrogen and oxygen atoms in total. The van der Waals surface area contributed by atoms with Gasteiger partial charge in [-0.2, -0.15) is 0 Å². The first-order valence-electron chi connectivity index (χ1n) is 23.0. The Balaban J connectivity index is 0.898. The smallest absolute Gasteiger partial charge is 0.0560 e. The summed E-state index contributed by atoms with van der Waals surface area (Å²) in [6, 6.07) is 58.9. The highest BCUT2D eigenvalue weighted by molar-refractivity contribution is 5.87. The van der Waals surface area contributed by atoms with E-state index >= 15 is 0 Å². The molecule has 64 heavy (non-hydrogen) atoms. The van der Waals surface area contributed by atoms with Crippen molar-refractivity contribution in [1.82, 2.24) is 0 Å². The zero-order valence-corrected chi connectivity index (χ0v) is 36.7. The van der Waals surface area contributed by atoms with Gasteiger partial charge < -0.3 is 4.90 Å². The molecular formula is C63H53N. The first-order chi connectivity index (χ1) is 31.4. The van der Waals surface area contributed by atoms with Gasteiger partial charge in [0.1, 0.15) is 0 Å². The van der Waals surface area contributed by atoms with Crippen LogP contribution in [0.3, 0.4) is 0 Å². The van der Waals surface area contributed by atoms with E-state index in [1.54, 1.807) is 0 Å². The molecule has 0 bridgehead atoms. The van der Waals surface area contributed by atoms with Gasteiger partial charge in [-0.15, -0.1) is 0 Å². The van der Waals surface area contributed by atoms with E-state index in [9.17, 15) is 0 Å². The average molecular weight is 824 g/mol. The van der Waals surface area contributed by atoms with Gasteiger partial charge in [0, 0.05) is 23.2 Å². The molecule has 0 N–H and O–H groups in total. The summed E-state index contributed by atoms with van der Waals surface area (Å²) >= 11 is 0. The number of anilines is 1. The Hall–Kier alpha value is -7.22. The van der Waals surface area contributed by atoms with Crippen LogP contribution in [0.5, 0.6) is 0 Å². The van der Waals surface area contributed by atoms with E-state index in [2.05, 4.69) is 244 Å². The monoisotopic (exact) mass is 823 g/mol. The molecule has 4 aliphatic rings. The molecule has 0 heterocycles. The maximum Gasteiger partial charge on any atom is 0.0560 e. The summed E-state index contributed by atoms with van der Waals surface area (Å²) in [6.07, 6.45) is 27.4. The molecule has 0 amide bonds. The minimum absolute atomic E-state index is 0.0520. The van der Waals surface area contributed by atoms with Gasteiger partial charge in [0.05, 0.1) is 6.04 Å². The lowest BCUT2D eigenvalue weighted by Crippen LogP contribution is -2.36. The number of nitrogens with zero attached hydrogens (tertiary/aromatic N) is 1. The molecule has 0 saturated heterocycles. The highest BCUT2D eigenvalue weighted by Crippen LogP contribution is 2.55. The highest BCUT2D eigenvalue weighted by Gasteiger charge is 2.46. The molecule has 0 radical (unpaired) electrons. The lowest BCUT2D eigenvalue weighted by atomic mass is 9.73. The first-order valence-corrected chi connectivity index (χ1v) is 23.0. The van der Waals surface area contributed by atoms with E-state index in [0.717, 1.165) is 18.4 Å². The lowest BCUT2D eigenvalue weighted by molar-refractivity contribution is 0.391. The van der Waals surface area contributed by atoms with Crippen molar-refractivity contribution < 1.29 is 0 Å². The minimum Gasteiger partial charge on any atom is -0.335 e. The number of hydrogen-bond acceptors (Lipinski definition) is 1. The largest absolute Gasteiger partial charge is 0.335 e. The molecule has 0 aliphatic heterocycles. The molecule has 1 heteroatoms. The Morgan fingerprint density at radius 2 is 1.22 bits per heavy atom. The minimum atomic E-state index is -0.0520. The van der Waals surface area contributed by atoms with Crippen LogP contribution in [0.15, 0.2) is 231 Å². The van der Waals surface area contributed by atoms with Crippen LogP contribution in [0.25, 0.3) is 55.8 Å². The topological polar surface area (TPSA) is 3.24 Å². The van der Waals surface area contributed by atoms with Crippen molar-refractivity contribution in [1.29, 1.82) is 0 Å². The molecule has 0 aromatic heterocycles. The second kappa shape index (κ2) is 16.5. The Labute approximate surface area is 379 Å². The third-order valence-electron chi connectivity index (χ3n) is 14.4. The molecule has 7 aromatic carbocycles. The molecule has 0 spiro atoms. The van der Waals surface area contributed by atoms with E-state index in [4.69, 9.17) is 0 Å². The summed E-state index contributed by atoms with van der Waals surface area (Å²) in [5, 5.41) is 2.56. The zero-order valence-electron chi connectivity index (χ0n) is 36.7. The quantitative estimate of drug-likeness (QED) is 0.140. The van der Waals surface area contributed by atoms with Crippen molar-refractivity contribution in [3.63, 3.8) is 0 Å². The summed E-state index contributed by atoms with van der Waals surface area (Å²) in [5.41, 5.74) is 17.8. The van der Waals surface area contributed by atoms with E-state index < -0.39 is 0 Å². The van der Waals surface area contributed by atoms with Crippen molar-refractivity contribution in [2.45, 2.75) is 50.0 Å². The van der Waals surface area contributed by atoms with Crippen molar-refractivity contribution in [3.8, 4) is 33.4 Å². The predicted octanol–water partition coefficient (Wildman–Crippen LogP) is 16.4. The van der Waals surface area contributed by atoms with Gasteiger partial charge in [-0.3, -0.25) is 0 Å². The zero-order chi connectivity index (χ0) is 43.2.